The first kappa shape index (κ1) is 23.6. The van der Waals surface area contributed by atoms with E-state index in [9.17, 15) is 19.5 Å². The van der Waals surface area contributed by atoms with Gasteiger partial charge in [-0.05, 0) is 38.2 Å². The average molecular weight is 501 g/mol. The van der Waals surface area contributed by atoms with Crippen LogP contribution in [0.2, 0.25) is 0 Å². The van der Waals surface area contributed by atoms with Gasteiger partial charge in [-0.25, -0.2) is 19.2 Å². The molecule has 35 heavy (non-hydrogen) atoms. The monoisotopic (exact) mass is 500 g/mol. The fraction of sp³-hybridized carbons (Fsp3) is 0.458. The smallest absolute Gasteiger partial charge is 0.341 e. The molecule has 0 radical (unpaired) electrons. The van der Waals surface area contributed by atoms with Crippen LogP contribution < -0.4 is 10.3 Å². The zero-order valence-corrected chi connectivity index (χ0v) is 19.8. The zero-order chi connectivity index (χ0) is 24.5. The van der Waals surface area contributed by atoms with E-state index in [1.54, 1.807) is 16.5 Å². The highest BCUT2D eigenvalue weighted by Gasteiger charge is 2.35. The van der Waals surface area contributed by atoms with E-state index in [-0.39, 0.29) is 34.7 Å². The minimum atomic E-state index is -1.41. The van der Waals surface area contributed by atoms with Gasteiger partial charge < -0.3 is 14.7 Å². The third kappa shape index (κ3) is 4.70. The minimum absolute atomic E-state index is 0.0323. The van der Waals surface area contributed by atoms with Crippen LogP contribution in [0, 0.1) is 11.7 Å². The second-order valence-electron chi connectivity index (χ2n) is 8.98. The predicted octanol–water partition coefficient (Wildman–Crippen LogP) is 3.42. The van der Waals surface area contributed by atoms with Crippen LogP contribution in [-0.2, 0) is 9.53 Å². The number of ether oxygens (including phenoxy) is 1. The summed E-state index contributed by atoms with van der Waals surface area (Å²) in [6.45, 7) is 1.50. The van der Waals surface area contributed by atoms with Crippen molar-refractivity contribution in [3.8, 4) is 5.13 Å². The molecule has 2 fully saturated rings. The fourth-order valence-electron chi connectivity index (χ4n) is 4.67. The highest BCUT2D eigenvalue weighted by molar-refractivity contribution is 7.12. The molecule has 9 nitrogen and oxygen atoms in total. The lowest BCUT2D eigenvalue weighted by atomic mass is 9.91. The number of nitrogens with zero attached hydrogens (tertiary/aromatic N) is 4. The molecule has 5 heterocycles. The van der Waals surface area contributed by atoms with E-state index in [1.165, 1.54) is 28.5 Å². The summed E-state index contributed by atoms with van der Waals surface area (Å²) in [5.41, 5.74) is -1.18. The second-order valence-corrected chi connectivity index (χ2v) is 9.85. The van der Waals surface area contributed by atoms with Crippen molar-refractivity contribution in [1.82, 2.24) is 14.5 Å². The molecule has 1 atom stereocenters. The maximum Gasteiger partial charge on any atom is 0.341 e. The van der Waals surface area contributed by atoms with E-state index >= 15 is 4.39 Å². The zero-order valence-electron chi connectivity index (χ0n) is 19.0. The normalized spacial score (nSPS) is 18.5. The summed E-state index contributed by atoms with van der Waals surface area (Å²) >= 11 is 1.23. The van der Waals surface area contributed by atoms with Gasteiger partial charge in [-0.15, -0.1) is 11.3 Å². The number of thiazole rings is 1. The Labute approximate surface area is 204 Å². The molecule has 0 saturated carbocycles. The topological polar surface area (TPSA) is 115 Å². The molecule has 3 aromatic heterocycles. The van der Waals surface area contributed by atoms with E-state index < -0.39 is 22.8 Å². The lowest BCUT2D eigenvalue weighted by Gasteiger charge is -2.39. The maximum atomic E-state index is 15.0. The first-order valence-corrected chi connectivity index (χ1v) is 12.6. The number of carboxylic acids is 1. The third-order valence-corrected chi connectivity index (χ3v) is 7.40. The quantitative estimate of drug-likeness (QED) is 0.500. The van der Waals surface area contributed by atoms with Crippen molar-refractivity contribution in [2.45, 2.75) is 44.6 Å². The van der Waals surface area contributed by atoms with Gasteiger partial charge in [0.15, 0.2) is 22.4 Å². The highest BCUT2D eigenvalue weighted by Crippen LogP contribution is 2.30. The summed E-state index contributed by atoms with van der Waals surface area (Å²) < 4.78 is 22.1. The van der Waals surface area contributed by atoms with Crippen molar-refractivity contribution in [2.75, 3.05) is 24.6 Å². The number of rotatable bonds is 8. The van der Waals surface area contributed by atoms with Crippen molar-refractivity contribution in [1.29, 1.82) is 0 Å². The molecule has 184 valence electrons. The number of Topliss-reactive ketones (excluding diaryl/α,β-unsaturated/α-hetero) is 1. The second kappa shape index (κ2) is 9.82. The van der Waals surface area contributed by atoms with E-state index in [0.717, 1.165) is 38.4 Å². The van der Waals surface area contributed by atoms with Crippen molar-refractivity contribution < 1.29 is 23.8 Å². The van der Waals surface area contributed by atoms with Crippen molar-refractivity contribution in [2.24, 2.45) is 5.92 Å². The summed E-state index contributed by atoms with van der Waals surface area (Å²) in [5.74, 6) is -2.14. The Morgan fingerprint density at radius 3 is 2.80 bits per heavy atom. The van der Waals surface area contributed by atoms with E-state index in [2.05, 4.69) is 9.97 Å². The predicted molar refractivity (Wildman–Crippen MR) is 128 cm³/mol. The van der Waals surface area contributed by atoms with Gasteiger partial charge in [-0.1, -0.05) is 0 Å². The SMILES string of the molecule is O=C(O)c1cn(-c2nccs2)c2nc(N3CC(C(=O)CCCC4CCCCO4)C3)c(F)cc2c1=O. The summed E-state index contributed by atoms with van der Waals surface area (Å²) in [6.07, 6.45) is 8.44. The van der Waals surface area contributed by atoms with Crippen LogP contribution >= 0.6 is 11.3 Å². The Kier molecular flexibility index (Phi) is 6.61. The van der Waals surface area contributed by atoms with Crippen molar-refractivity contribution in [3.05, 3.63) is 45.4 Å². The summed E-state index contributed by atoms with van der Waals surface area (Å²) in [6, 6.07) is 1.02. The lowest BCUT2D eigenvalue weighted by Crippen LogP contribution is -2.51. The van der Waals surface area contributed by atoms with Crippen LogP contribution in [0.3, 0.4) is 0 Å². The molecule has 2 saturated heterocycles. The Morgan fingerprint density at radius 1 is 1.29 bits per heavy atom. The first-order valence-electron chi connectivity index (χ1n) is 11.7. The highest BCUT2D eigenvalue weighted by atomic mass is 32.1. The number of ketones is 1. The summed E-state index contributed by atoms with van der Waals surface area (Å²) in [4.78, 5) is 47.1. The Balaban J connectivity index is 1.33. The number of carboxylic acid groups (broad SMARTS) is 1. The molecule has 2 aliphatic rings. The van der Waals surface area contributed by atoms with Gasteiger partial charge in [-0.3, -0.25) is 14.2 Å². The molecule has 0 bridgehead atoms. The number of pyridine rings is 2. The Hall–Kier alpha value is -3.18. The molecule has 1 unspecified atom stereocenters. The molecule has 0 spiro atoms. The van der Waals surface area contributed by atoms with Gasteiger partial charge in [0.1, 0.15) is 11.3 Å². The van der Waals surface area contributed by atoms with E-state index in [1.807, 2.05) is 0 Å². The number of carbonyl (C=O) groups excluding carboxylic acids is 1. The third-order valence-electron chi connectivity index (χ3n) is 6.63. The minimum Gasteiger partial charge on any atom is -0.477 e. The molecular weight excluding hydrogens is 475 g/mol. The molecule has 0 amide bonds. The molecule has 5 rings (SSSR count). The van der Waals surface area contributed by atoms with Gasteiger partial charge in [-0.2, -0.15) is 0 Å². The number of hydrogen-bond donors (Lipinski definition) is 1. The number of halogens is 1. The number of aromatic nitrogens is 3. The van der Waals surface area contributed by atoms with Crippen LogP contribution in [0.25, 0.3) is 16.2 Å². The number of aromatic carboxylic acids is 1. The van der Waals surface area contributed by atoms with Crippen LogP contribution in [-0.4, -0.2) is 57.2 Å². The first-order chi connectivity index (χ1) is 16.9. The van der Waals surface area contributed by atoms with E-state index in [0.29, 0.717) is 24.6 Å². The molecule has 0 aliphatic carbocycles. The molecule has 11 heteroatoms. The van der Waals surface area contributed by atoms with Crippen LogP contribution in [0.15, 0.2) is 28.6 Å². The summed E-state index contributed by atoms with van der Waals surface area (Å²) in [7, 11) is 0. The molecule has 2 aliphatic heterocycles. The largest absolute Gasteiger partial charge is 0.477 e. The van der Waals surface area contributed by atoms with Crippen LogP contribution in [0.1, 0.15) is 48.9 Å². The molecule has 0 aromatic carbocycles. The van der Waals surface area contributed by atoms with Gasteiger partial charge in [0.25, 0.3) is 0 Å². The van der Waals surface area contributed by atoms with Gasteiger partial charge in [0.05, 0.1) is 17.4 Å². The van der Waals surface area contributed by atoms with Crippen LogP contribution in [0.5, 0.6) is 0 Å². The van der Waals surface area contributed by atoms with Crippen LogP contribution in [0.4, 0.5) is 10.2 Å². The number of carbonyl (C=O) groups is 2. The van der Waals surface area contributed by atoms with Crippen molar-refractivity contribution >= 4 is 39.9 Å². The lowest BCUT2D eigenvalue weighted by molar-refractivity contribution is -0.123. The average Bonchev–Trinajstić information content (AvgIpc) is 3.34. The van der Waals surface area contributed by atoms with Gasteiger partial charge >= 0.3 is 5.97 Å². The number of anilines is 1. The van der Waals surface area contributed by atoms with Gasteiger partial charge in [0.2, 0.25) is 5.43 Å². The summed E-state index contributed by atoms with van der Waals surface area (Å²) in [5, 5.41) is 11.4. The molecular formula is C24H25FN4O5S. The van der Waals surface area contributed by atoms with Gasteiger partial charge in [0, 0.05) is 43.9 Å². The molecule has 1 N–H and O–H groups in total. The fourth-order valence-corrected chi connectivity index (χ4v) is 5.29. The number of fused-ring (bicyclic) bond motifs is 1. The molecule has 3 aromatic rings. The Bertz CT molecular complexity index is 1310. The van der Waals surface area contributed by atoms with Crippen molar-refractivity contribution in [3.63, 3.8) is 0 Å². The number of hydrogen-bond acceptors (Lipinski definition) is 8. The van der Waals surface area contributed by atoms with E-state index in [4.69, 9.17) is 4.74 Å². The standard InChI is InChI=1S/C24H25FN4O5S/c25-18-10-16-20(31)17(23(32)33)13-29(24-26-7-9-35-24)21(16)27-22(18)28-11-14(12-28)19(30)6-3-5-15-4-1-2-8-34-15/h7,9-10,13-15H,1-6,8,11-12H2,(H,32,33). The maximum absolute atomic E-state index is 15.0. The Morgan fingerprint density at radius 2 is 2.11 bits per heavy atom.